The molecule has 3 N–H and O–H groups in total. The molecular weight excluding hydrogens is 340 g/mol. The maximum Gasteiger partial charge on any atom is 0.191 e. The smallest absolute Gasteiger partial charge is 0.191 e. The number of hydrogen-bond acceptors (Lipinski definition) is 4. The number of aliphatic hydroxyl groups excluding tert-OH is 1. The Morgan fingerprint density at radius 1 is 1.19 bits per heavy atom. The molecule has 1 saturated heterocycles. The van der Waals surface area contributed by atoms with E-state index in [2.05, 4.69) is 46.7 Å². The van der Waals surface area contributed by atoms with Crippen molar-refractivity contribution in [3.63, 3.8) is 0 Å². The van der Waals surface area contributed by atoms with Crippen molar-refractivity contribution in [1.82, 2.24) is 15.5 Å². The van der Waals surface area contributed by atoms with Crippen LogP contribution < -0.4 is 10.6 Å². The highest BCUT2D eigenvalue weighted by atomic mass is 16.5. The van der Waals surface area contributed by atoms with Crippen molar-refractivity contribution in [3.05, 3.63) is 35.4 Å². The Balaban J connectivity index is 1.55. The minimum Gasteiger partial charge on any atom is -0.393 e. The van der Waals surface area contributed by atoms with Gasteiger partial charge in [-0.3, -0.25) is 4.90 Å². The molecular formula is C21H34N4O2. The maximum absolute atomic E-state index is 9.68. The minimum absolute atomic E-state index is 0.128. The predicted octanol–water partition coefficient (Wildman–Crippen LogP) is 1.88. The summed E-state index contributed by atoms with van der Waals surface area (Å²) in [7, 11) is 0. The number of aliphatic hydroxyl groups is 1. The zero-order valence-electron chi connectivity index (χ0n) is 16.5. The first-order valence-electron chi connectivity index (χ1n) is 10.3. The van der Waals surface area contributed by atoms with Crippen LogP contribution in [0.5, 0.6) is 0 Å². The molecule has 1 heterocycles. The summed E-state index contributed by atoms with van der Waals surface area (Å²) in [6.45, 7) is 8.26. The summed E-state index contributed by atoms with van der Waals surface area (Å²) < 4.78 is 5.43. The van der Waals surface area contributed by atoms with Crippen molar-refractivity contribution < 1.29 is 9.84 Å². The zero-order valence-corrected chi connectivity index (χ0v) is 16.5. The van der Waals surface area contributed by atoms with Crippen LogP contribution in [0.4, 0.5) is 0 Å². The molecule has 0 bridgehead atoms. The van der Waals surface area contributed by atoms with Gasteiger partial charge >= 0.3 is 0 Å². The molecule has 27 heavy (non-hydrogen) atoms. The van der Waals surface area contributed by atoms with E-state index < -0.39 is 0 Å². The second-order valence-electron chi connectivity index (χ2n) is 7.55. The van der Waals surface area contributed by atoms with Crippen molar-refractivity contribution in [2.24, 2.45) is 4.99 Å². The van der Waals surface area contributed by atoms with E-state index in [1.807, 2.05) is 0 Å². The van der Waals surface area contributed by atoms with E-state index in [1.54, 1.807) is 0 Å². The quantitative estimate of drug-likeness (QED) is 0.524. The highest BCUT2D eigenvalue weighted by molar-refractivity contribution is 5.80. The number of aliphatic imine (C=N–C) groups is 1. The van der Waals surface area contributed by atoms with Crippen LogP contribution in [0.1, 0.15) is 43.7 Å². The Morgan fingerprint density at radius 3 is 2.67 bits per heavy atom. The van der Waals surface area contributed by atoms with Gasteiger partial charge in [0.05, 0.1) is 25.9 Å². The molecule has 0 amide bonds. The average molecular weight is 375 g/mol. The molecule has 6 heteroatoms. The lowest BCUT2D eigenvalue weighted by molar-refractivity contribution is 0.0342. The third-order valence-corrected chi connectivity index (χ3v) is 5.30. The summed E-state index contributed by atoms with van der Waals surface area (Å²) in [5.41, 5.74) is 2.57. The van der Waals surface area contributed by atoms with Crippen LogP contribution in [0.25, 0.3) is 0 Å². The Kier molecular flexibility index (Phi) is 7.93. The molecule has 0 unspecified atom stereocenters. The van der Waals surface area contributed by atoms with Crippen LogP contribution in [-0.2, 0) is 17.8 Å². The summed E-state index contributed by atoms with van der Waals surface area (Å²) in [6, 6.07) is 9.13. The molecule has 0 aromatic heterocycles. The number of nitrogens with zero attached hydrogens (tertiary/aromatic N) is 2. The fraction of sp³-hybridized carbons (Fsp3) is 0.667. The number of hydrogen-bond donors (Lipinski definition) is 3. The molecule has 1 saturated carbocycles. The predicted molar refractivity (Wildman–Crippen MR) is 109 cm³/mol. The van der Waals surface area contributed by atoms with Crippen molar-refractivity contribution in [2.75, 3.05) is 32.8 Å². The minimum atomic E-state index is -0.128. The van der Waals surface area contributed by atoms with E-state index in [0.717, 1.165) is 71.0 Å². The van der Waals surface area contributed by atoms with Crippen LogP contribution in [0, 0.1) is 0 Å². The third kappa shape index (κ3) is 6.79. The van der Waals surface area contributed by atoms with Crippen LogP contribution in [0.3, 0.4) is 0 Å². The topological polar surface area (TPSA) is 69.1 Å². The van der Waals surface area contributed by atoms with Gasteiger partial charge in [0.25, 0.3) is 0 Å². The number of rotatable bonds is 6. The maximum atomic E-state index is 9.68. The first-order chi connectivity index (χ1) is 13.2. The molecule has 3 rings (SSSR count). The lowest BCUT2D eigenvalue weighted by Gasteiger charge is -2.27. The largest absolute Gasteiger partial charge is 0.393 e. The summed E-state index contributed by atoms with van der Waals surface area (Å²) in [4.78, 5) is 7.22. The normalized spacial score (nSPS) is 24.6. The van der Waals surface area contributed by atoms with Gasteiger partial charge < -0.3 is 20.5 Å². The van der Waals surface area contributed by atoms with Gasteiger partial charge in [-0.1, -0.05) is 24.3 Å². The number of ether oxygens (including phenoxy) is 1. The molecule has 0 spiro atoms. The van der Waals surface area contributed by atoms with Gasteiger partial charge in [-0.2, -0.15) is 0 Å². The fourth-order valence-electron chi connectivity index (χ4n) is 3.75. The third-order valence-electron chi connectivity index (χ3n) is 5.30. The first-order valence-corrected chi connectivity index (χ1v) is 10.3. The SMILES string of the molecule is CCNC(=NCc1cccc(CN2CCOCC2)c1)NC1CCC(O)CC1. The second kappa shape index (κ2) is 10.6. The lowest BCUT2D eigenvalue weighted by atomic mass is 9.93. The molecule has 2 fully saturated rings. The van der Waals surface area contributed by atoms with E-state index in [4.69, 9.17) is 9.73 Å². The molecule has 1 aliphatic heterocycles. The molecule has 1 aliphatic carbocycles. The fourth-order valence-corrected chi connectivity index (χ4v) is 3.75. The average Bonchev–Trinajstić information content (AvgIpc) is 2.69. The van der Waals surface area contributed by atoms with E-state index in [0.29, 0.717) is 12.6 Å². The van der Waals surface area contributed by atoms with E-state index in [-0.39, 0.29) is 6.10 Å². The summed E-state index contributed by atoms with van der Waals surface area (Å²) in [5.74, 6) is 0.873. The van der Waals surface area contributed by atoms with Crippen molar-refractivity contribution in [3.8, 4) is 0 Å². The van der Waals surface area contributed by atoms with Crippen molar-refractivity contribution >= 4 is 5.96 Å². The Hall–Kier alpha value is -1.63. The second-order valence-corrected chi connectivity index (χ2v) is 7.55. The standard InChI is InChI=1S/C21H34N4O2/c1-2-22-21(24-19-6-8-20(26)9-7-19)23-15-17-4-3-5-18(14-17)16-25-10-12-27-13-11-25/h3-5,14,19-20,26H,2,6-13,15-16H2,1H3,(H2,22,23,24). The van der Waals surface area contributed by atoms with Crippen molar-refractivity contribution in [1.29, 1.82) is 0 Å². The highest BCUT2D eigenvalue weighted by Crippen LogP contribution is 2.18. The highest BCUT2D eigenvalue weighted by Gasteiger charge is 2.20. The van der Waals surface area contributed by atoms with Crippen LogP contribution >= 0.6 is 0 Å². The number of nitrogens with one attached hydrogen (secondary N) is 2. The molecule has 0 atom stereocenters. The monoisotopic (exact) mass is 374 g/mol. The van der Waals surface area contributed by atoms with Gasteiger partial charge in [-0.15, -0.1) is 0 Å². The molecule has 0 radical (unpaired) electrons. The first kappa shape index (κ1) is 20.1. The van der Waals surface area contributed by atoms with E-state index >= 15 is 0 Å². The molecule has 6 nitrogen and oxygen atoms in total. The molecule has 150 valence electrons. The zero-order chi connectivity index (χ0) is 18.9. The van der Waals surface area contributed by atoms with Gasteiger partial charge in [-0.05, 0) is 43.7 Å². The van der Waals surface area contributed by atoms with Gasteiger partial charge in [0.15, 0.2) is 5.96 Å². The lowest BCUT2D eigenvalue weighted by Crippen LogP contribution is -2.45. The number of guanidine groups is 1. The van der Waals surface area contributed by atoms with Crippen LogP contribution in [0.15, 0.2) is 29.3 Å². The van der Waals surface area contributed by atoms with Gasteiger partial charge in [0.2, 0.25) is 0 Å². The van der Waals surface area contributed by atoms with Gasteiger partial charge in [0.1, 0.15) is 0 Å². The van der Waals surface area contributed by atoms with Gasteiger partial charge in [-0.25, -0.2) is 4.99 Å². The molecule has 2 aliphatic rings. The van der Waals surface area contributed by atoms with E-state index in [1.165, 1.54) is 11.1 Å². The number of morpholine rings is 1. The summed E-state index contributed by atoms with van der Waals surface area (Å²) in [6.07, 6.45) is 3.62. The van der Waals surface area contributed by atoms with E-state index in [9.17, 15) is 5.11 Å². The van der Waals surface area contributed by atoms with Gasteiger partial charge in [0, 0.05) is 32.2 Å². The summed E-state index contributed by atoms with van der Waals surface area (Å²) in [5, 5.41) is 16.6. The van der Waals surface area contributed by atoms with Crippen LogP contribution in [-0.4, -0.2) is 61.0 Å². The summed E-state index contributed by atoms with van der Waals surface area (Å²) >= 11 is 0. The Labute approximate surface area is 163 Å². The molecule has 1 aromatic carbocycles. The van der Waals surface area contributed by atoms with Crippen molar-refractivity contribution in [2.45, 2.75) is 57.8 Å². The Bertz CT molecular complexity index is 594. The Morgan fingerprint density at radius 2 is 1.93 bits per heavy atom. The molecule has 1 aromatic rings. The number of benzene rings is 1. The van der Waals surface area contributed by atoms with Crippen LogP contribution in [0.2, 0.25) is 0 Å².